The minimum Gasteiger partial charge on any atom is -0.363 e. The Kier molecular flexibility index (Phi) is 6.32. The number of carbonyl (C=O) groups is 2. The standard InChI is InChI=1S/C19H24N6O4S/c1-13-12-16(24(2)3)23-19(22-13)20-10-11-21-30(28,29)15-6-4-14(5-7-15)25-17(26)8-9-18(25)27/h4-7,12,21H,8-11H2,1-3H3,(H,20,22,23). The predicted octanol–water partition coefficient (Wildman–Crippen LogP) is 0.895. The molecule has 0 bridgehead atoms. The second-order valence-electron chi connectivity index (χ2n) is 7.03. The van der Waals surface area contributed by atoms with Crippen molar-refractivity contribution < 1.29 is 18.0 Å². The van der Waals surface area contributed by atoms with E-state index in [1.807, 2.05) is 32.0 Å². The molecule has 1 aromatic carbocycles. The highest BCUT2D eigenvalue weighted by molar-refractivity contribution is 7.89. The van der Waals surface area contributed by atoms with E-state index in [2.05, 4.69) is 20.0 Å². The summed E-state index contributed by atoms with van der Waals surface area (Å²) in [6.45, 7) is 2.28. The first kappa shape index (κ1) is 21.7. The zero-order valence-electron chi connectivity index (χ0n) is 17.0. The Morgan fingerprint density at radius 1 is 1.03 bits per heavy atom. The van der Waals surface area contributed by atoms with Crippen molar-refractivity contribution in [3.63, 3.8) is 0 Å². The fraction of sp³-hybridized carbons (Fsp3) is 0.368. The fourth-order valence-corrected chi connectivity index (χ4v) is 3.97. The van der Waals surface area contributed by atoms with Crippen molar-refractivity contribution in [2.75, 3.05) is 42.3 Å². The number of nitrogens with one attached hydrogen (secondary N) is 2. The summed E-state index contributed by atoms with van der Waals surface area (Å²) >= 11 is 0. The van der Waals surface area contributed by atoms with E-state index >= 15 is 0 Å². The van der Waals surface area contributed by atoms with Gasteiger partial charge in [-0.1, -0.05) is 0 Å². The number of aryl methyl sites for hydroxylation is 1. The van der Waals surface area contributed by atoms with Gasteiger partial charge in [-0.05, 0) is 31.2 Å². The van der Waals surface area contributed by atoms with Gasteiger partial charge in [0, 0.05) is 51.8 Å². The van der Waals surface area contributed by atoms with Crippen LogP contribution in [0.15, 0.2) is 35.2 Å². The molecule has 1 aromatic heterocycles. The van der Waals surface area contributed by atoms with Crippen molar-refractivity contribution in [2.45, 2.75) is 24.7 Å². The van der Waals surface area contributed by atoms with Crippen LogP contribution in [0.5, 0.6) is 0 Å². The molecule has 0 radical (unpaired) electrons. The molecule has 0 atom stereocenters. The maximum Gasteiger partial charge on any atom is 0.240 e. The topological polar surface area (TPSA) is 125 Å². The first-order valence-electron chi connectivity index (χ1n) is 9.40. The van der Waals surface area contributed by atoms with Crippen molar-refractivity contribution in [1.29, 1.82) is 0 Å². The van der Waals surface area contributed by atoms with Gasteiger partial charge >= 0.3 is 0 Å². The molecule has 0 spiro atoms. The minimum absolute atomic E-state index is 0.0482. The van der Waals surface area contributed by atoms with Gasteiger partial charge < -0.3 is 10.2 Å². The molecule has 160 valence electrons. The second kappa shape index (κ2) is 8.76. The number of sulfonamides is 1. The molecule has 0 unspecified atom stereocenters. The van der Waals surface area contributed by atoms with Crippen LogP contribution in [0.3, 0.4) is 0 Å². The Labute approximate surface area is 175 Å². The van der Waals surface area contributed by atoms with Crippen LogP contribution in [0.25, 0.3) is 0 Å². The Balaban J connectivity index is 1.58. The molecule has 1 aliphatic heterocycles. The molecule has 0 saturated carbocycles. The molecule has 10 nitrogen and oxygen atoms in total. The molecule has 1 saturated heterocycles. The third-order valence-corrected chi connectivity index (χ3v) is 5.93. The molecule has 2 aromatic rings. The first-order valence-corrected chi connectivity index (χ1v) is 10.9. The third kappa shape index (κ3) is 4.92. The smallest absolute Gasteiger partial charge is 0.240 e. The zero-order valence-corrected chi connectivity index (χ0v) is 17.9. The monoisotopic (exact) mass is 432 g/mol. The van der Waals surface area contributed by atoms with Crippen molar-refractivity contribution >= 4 is 39.3 Å². The number of hydrogen-bond acceptors (Lipinski definition) is 8. The van der Waals surface area contributed by atoms with E-state index in [-0.39, 0.29) is 36.1 Å². The highest BCUT2D eigenvalue weighted by Crippen LogP contribution is 2.23. The van der Waals surface area contributed by atoms with Gasteiger partial charge in [-0.15, -0.1) is 0 Å². The van der Waals surface area contributed by atoms with E-state index in [1.54, 1.807) is 0 Å². The normalized spacial score (nSPS) is 14.3. The number of hydrogen-bond donors (Lipinski definition) is 2. The van der Waals surface area contributed by atoms with Crippen LogP contribution in [-0.2, 0) is 19.6 Å². The predicted molar refractivity (Wildman–Crippen MR) is 113 cm³/mol. The molecule has 11 heteroatoms. The van der Waals surface area contributed by atoms with E-state index < -0.39 is 10.0 Å². The Bertz CT molecular complexity index is 1040. The summed E-state index contributed by atoms with van der Waals surface area (Å²) in [5, 5.41) is 3.00. The lowest BCUT2D eigenvalue weighted by molar-refractivity contribution is -0.121. The number of anilines is 3. The molecular weight excluding hydrogens is 408 g/mol. The fourth-order valence-electron chi connectivity index (χ4n) is 2.94. The molecular formula is C19H24N6O4S. The van der Waals surface area contributed by atoms with Crippen LogP contribution in [-0.4, -0.2) is 57.4 Å². The molecule has 2 amide bonds. The third-order valence-electron chi connectivity index (χ3n) is 4.46. The zero-order chi connectivity index (χ0) is 21.9. The van der Waals surface area contributed by atoms with Crippen LogP contribution in [0.2, 0.25) is 0 Å². The number of benzene rings is 1. The Hall–Kier alpha value is -3.05. The number of nitrogens with zero attached hydrogens (tertiary/aromatic N) is 4. The summed E-state index contributed by atoms with van der Waals surface area (Å²) in [5.41, 5.74) is 1.17. The molecule has 30 heavy (non-hydrogen) atoms. The van der Waals surface area contributed by atoms with E-state index in [0.717, 1.165) is 16.4 Å². The van der Waals surface area contributed by atoms with Crippen molar-refractivity contribution in [1.82, 2.24) is 14.7 Å². The lowest BCUT2D eigenvalue weighted by Gasteiger charge is -2.15. The van der Waals surface area contributed by atoms with Gasteiger partial charge in [0.2, 0.25) is 27.8 Å². The molecule has 2 N–H and O–H groups in total. The summed E-state index contributed by atoms with van der Waals surface area (Å²) in [6, 6.07) is 7.50. The van der Waals surface area contributed by atoms with E-state index in [9.17, 15) is 18.0 Å². The molecule has 3 rings (SSSR count). The maximum absolute atomic E-state index is 12.5. The number of carbonyl (C=O) groups excluding carboxylic acids is 2. The van der Waals surface area contributed by atoms with E-state index in [4.69, 9.17) is 0 Å². The number of aromatic nitrogens is 2. The van der Waals surface area contributed by atoms with Crippen molar-refractivity contribution in [2.24, 2.45) is 0 Å². The lowest BCUT2D eigenvalue weighted by atomic mass is 10.3. The minimum atomic E-state index is -3.74. The molecule has 0 aliphatic carbocycles. The van der Waals surface area contributed by atoms with Crippen LogP contribution in [0.4, 0.5) is 17.5 Å². The maximum atomic E-state index is 12.5. The van der Waals surface area contributed by atoms with Crippen molar-refractivity contribution in [3.05, 3.63) is 36.0 Å². The summed E-state index contributed by atoms with van der Waals surface area (Å²) < 4.78 is 27.5. The highest BCUT2D eigenvalue weighted by atomic mass is 32.2. The van der Waals surface area contributed by atoms with E-state index in [1.165, 1.54) is 24.3 Å². The van der Waals surface area contributed by atoms with Gasteiger partial charge in [0.05, 0.1) is 10.6 Å². The second-order valence-corrected chi connectivity index (χ2v) is 8.79. The largest absolute Gasteiger partial charge is 0.363 e. The van der Waals surface area contributed by atoms with Crippen molar-refractivity contribution in [3.8, 4) is 0 Å². The average molecular weight is 433 g/mol. The Morgan fingerprint density at radius 3 is 2.27 bits per heavy atom. The average Bonchev–Trinajstić information content (AvgIpc) is 3.03. The molecule has 1 fully saturated rings. The number of amides is 2. The lowest BCUT2D eigenvalue weighted by Crippen LogP contribution is -2.30. The van der Waals surface area contributed by atoms with Crippen LogP contribution in [0, 0.1) is 6.92 Å². The molecule has 1 aliphatic rings. The summed E-state index contributed by atoms with van der Waals surface area (Å²) in [7, 11) is 0.0117. The van der Waals surface area contributed by atoms with Crippen LogP contribution >= 0.6 is 0 Å². The SMILES string of the molecule is Cc1cc(N(C)C)nc(NCCNS(=O)(=O)c2ccc(N3C(=O)CCC3=O)cc2)n1. The highest BCUT2D eigenvalue weighted by Gasteiger charge is 2.30. The summed E-state index contributed by atoms with van der Waals surface area (Å²) in [6.07, 6.45) is 0.349. The number of rotatable bonds is 8. The van der Waals surface area contributed by atoms with Crippen LogP contribution < -0.4 is 19.8 Å². The van der Waals surface area contributed by atoms with Crippen LogP contribution in [0.1, 0.15) is 18.5 Å². The van der Waals surface area contributed by atoms with Gasteiger partial charge in [-0.2, -0.15) is 4.98 Å². The van der Waals surface area contributed by atoms with Gasteiger partial charge in [0.15, 0.2) is 0 Å². The number of imide groups is 1. The Morgan fingerprint density at radius 2 is 1.67 bits per heavy atom. The quantitative estimate of drug-likeness (QED) is 0.466. The summed E-state index contributed by atoms with van der Waals surface area (Å²) in [5.74, 6) is 0.606. The first-order chi connectivity index (χ1) is 14.2. The van der Waals surface area contributed by atoms with E-state index in [0.29, 0.717) is 18.2 Å². The van der Waals surface area contributed by atoms with Gasteiger partial charge in [-0.3, -0.25) is 14.5 Å². The van der Waals surface area contributed by atoms with Gasteiger partial charge in [-0.25, -0.2) is 18.1 Å². The van der Waals surface area contributed by atoms with Gasteiger partial charge in [0.1, 0.15) is 5.82 Å². The van der Waals surface area contributed by atoms with Gasteiger partial charge in [0.25, 0.3) is 0 Å². The molecule has 2 heterocycles. The summed E-state index contributed by atoms with van der Waals surface area (Å²) in [4.78, 5) is 35.2.